The minimum Gasteiger partial charge on any atom is -0.459 e. The zero-order valence-electron chi connectivity index (χ0n) is 13.7. The van der Waals surface area contributed by atoms with Crippen LogP contribution < -0.4 is 5.56 Å². The van der Waals surface area contributed by atoms with Crippen LogP contribution in [0, 0.1) is 6.92 Å². The molecule has 3 aromatic heterocycles. The monoisotopic (exact) mass is 342 g/mol. The summed E-state index contributed by atoms with van der Waals surface area (Å²) in [6.07, 6.45) is 0.859. The van der Waals surface area contributed by atoms with Gasteiger partial charge in [0.05, 0.1) is 11.4 Å². The highest BCUT2D eigenvalue weighted by Gasteiger charge is 2.20. The Morgan fingerprint density at radius 2 is 2.25 bits per heavy atom. The fourth-order valence-corrected chi connectivity index (χ4v) is 3.73. The van der Waals surface area contributed by atoms with E-state index in [1.807, 2.05) is 19.1 Å². The smallest absolute Gasteiger partial charge is 0.266 e. The average molecular weight is 342 g/mol. The maximum Gasteiger partial charge on any atom is 0.266 e. The molecule has 0 N–H and O–H groups in total. The van der Waals surface area contributed by atoms with E-state index in [-0.39, 0.29) is 5.56 Å². The molecule has 0 aromatic carbocycles. The number of hydrogen-bond acceptors (Lipinski definition) is 6. The van der Waals surface area contributed by atoms with Crippen molar-refractivity contribution in [3.05, 3.63) is 56.6 Å². The zero-order valence-corrected chi connectivity index (χ0v) is 14.5. The fourth-order valence-electron chi connectivity index (χ4n) is 2.96. The molecule has 7 heteroatoms. The van der Waals surface area contributed by atoms with Crippen LogP contribution in [0.25, 0.3) is 10.8 Å². The van der Waals surface area contributed by atoms with Crippen LogP contribution in [0.15, 0.2) is 32.8 Å². The van der Waals surface area contributed by atoms with Gasteiger partial charge in [0, 0.05) is 44.5 Å². The highest BCUT2D eigenvalue weighted by Crippen LogP contribution is 2.26. The molecule has 124 valence electrons. The molecule has 24 heavy (non-hydrogen) atoms. The van der Waals surface area contributed by atoms with Gasteiger partial charge >= 0.3 is 0 Å². The van der Waals surface area contributed by atoms with Crippen LogP contribution in [-0.2, 0) is 26.6 Å². The molecule has 0 aliphatic carbocycles. The first kappa shape index (κ1) is 15.3. The summed E-state index contributed by atoms with van der Waals surface area (Å²) in [5.41, 5.74) is 3.03. The maximum absolute atomic E-state index is 11.8. The van der Waals surface area contributed by atoms with Crippen LogP contribution in [-0.4, -0.2) is 26.2 Å². The van der Waals surface area contributed by atoms with Crippen molar-refractivity contribution in [1.29, 1.82) is 0 Å². The van der Waals surface area contributed by atoms with Crippen molar-refractivity contribution in [2.75, 3.05) is 6.54 Å². The minimum atomic E-state index is -0.0558. The second-order valence-electron chi connectivity index (χ2n) is 6.09. The Hall–Kier alpha value is -2.25. The van der Waals surface area contributed by atoms with E-state index in [4.69, 9.17) is 4.42 Å². The number of thiazole rings is 1. The van der Waals surface area contributed by atoms with E-state index in [1.54, 1.807) is 24.5 Å². The van der Waals surface area contributed by atoms with E-state index in [2.05, 4.69) is 20.4 Å². The Labute approximate surface area is 143 Å². The average Bonchev–Trinajstić information content (AvgIpc) is 3.18. The summed E-state index contributed by atoms with van der Waals surface area (Å²) in [4.78, 5) is 18.8. The van der Waals surface area contributed by atoms with E-state index < -0.39 is 0 Å². The van der Waals surface area contributed by atoms with Crippen molar-refractivity contribution < 1.29 is 4.42 Å². The molecular formula is C17H18N4O2S. The molecule has 3 aromatic rings. The Morgan fingerprint density at radius 3 is 3.04 bits per heavy atom. The second-order valence-corrected chi connectivity index (χ2v) is 6.95. The van der Waals surface area contributed by atoms with Crippen molar-refractivity contribution >= 4 is 11.3 Å². The van der Waals surface area contributed by atoms with Crippen molar-refractivity contribution in [3.63, 3.8) is 0 Å². The predicted molar refractivity (Wildman–Crippen MR) is 91.8 cm³/mol. The van der Waals surface area contributed by atoms with E-state index in [0.717, 1.165) is 59.5 Å². The van der Waals surface area contributed by atoms with Crippen LogP contribution in [0.3, 0.4) is 0 Å². The lowest BCUT2D eigenvalue weighted by Gasteiger charge is -2.27. The van der Waals surface area contributed by atoms with E-state index >= 15 is 0 Å². The Bertz CT molecular complexity index is 940. The lowest BCUT2D eigenvalue weighted by Crippen LogP contribution is -2.34. The molecule has 0 spiro atoms. The van der Waals surface area contributed by atoms with Gasteiger partial charge in [0.1, 0.15) is 5.76 Å². The number of furan rings is 1. The second kappa shape index (κ2) is 5.99. The Morgan fingerprint density at radius 1 is 1.38 bits per heavy atom. The summed E-state index contributed by atoms with van der Waals surface area (Å²) >= 11 is 1.60. The van der Waals surface area contributed by atoms with E-state index in [0.29, 0.717) is 0 Å². The summed E-state index contributed by atoms with van der Waals surface area (Å²) in [6, 6.07) is 5.61. The van der Waals surface area contributed by atoms with Gasteiger partial charge in [-0.05, 0) is 24.6 Å². The molecule has 0 saturated carbocycles. The maximum atomic E-state index is 11.8. The molecule has 0 amide bonds. The first-order valence-corrected chi connectivity index (χ1v) is 8.76. The van der Waals surface area contributed by atoms with E-state index in [1.165, 1.54) is 4.68 Å². The summed E-state index contributed by atoms with van der Waals surface area (Å²) in [5, 5.41) is 7.34. The zero-order chi connectivity index (χ0) is 16.7. The third-order valence-corrected chi connectivity index (χ3v) is 5.11. The molecule has 0 bridgehead atoms. The van der Waals surface area contributed by atoms with Crippen LogP contribution in [0.5, 0.6) is 0 Å². The molecule has 0 radical (unpaired) electrons. The van der Waals surface area contributed by atoms with Gasteiger partial charge in [-0.25, -0.2) is 9.67 Å². The van der Waals surface area contributed by atoms with Gasteiger partial charge in [0.15, 0.2) is 10.8 Å². The first-order chi connectivity index (χ1) is 11.6. The number of rotatable bonds is 3. The van der Waals surface area contributed by atoms with E-state index in [9.17, 15) is 4.79 Å². The van der Waals surface area contributed by atoms with Gasteiger partial charge in [0.25, 0.3) is 5.56 Å². The van der Waals surface area contributed by atoms with Gasteiger partial charge in [-0.2, -0.15) is 5.10 Å². The molecule has 0 atom stereocenters. The van der Waals surface area contributed by atoms with Crippen molar-refractivity contribution in [2.45, 2.75) is 26.4 Å². The van der Waals surface area contributed by atoms with Gasteiger partial charge in [0.2, 0.25) is 0 Å². The summed E-state index contributed by atoms with van der Waals surface area (Å²) in [6.45, 7) is 4.36. The normalized spacial score (nSPS) is 14.8. The quantitative estimate of drug-likeness (QED) is 0.731. The number of nitrogens with zero attached hydrogens (tertiary/aromatic N) is 4. The van der Waals surface area contributed by atoms with Crippen LogP contribution in [0.2, 0.25) is 0 Å². The van der Waals surface area contributed by atoms with Gasteiger partial charge in [-0.1, -0.05) is 0 Å². The molecule has 6 nitrogen and oxygen atoms in total. The lowest BCUT2D eigenvalue weighted by molar-refractivity contribution is 0.239. The molecule has 0 fully saturated rings. The van der Waals surface area contributed by atoms with Gasteiger partial charge in [-0.15, -0.1) is 11.3 Å². The SMILES string of the molecule is Cc1ccc(-c2nc(CN3CCc4nn(C)c(=O)cc4C3)cs2)o1. The minimum absolute atomic E-state index is 0.0558. The Kier molecular flexibility index (Phi) is 3.82. The third-order valence-electron chi connectivity index (χ3n) is 4.21. The number of aromatic nitrogens is 3. The summed E-state index contributed by atoms with van der Waals surface area (Å²) in [7, 11) is 1.70. The number of aryl methyl sites for hydroxylation is 2. The van der Waals surface area contributed by atoms with Crippen molar-refractivity contribution in [1.82, 2.24) is 19.7 Å². The van der Waals surface area contributed by atoms with Gasteiger partial charge < -0.3 is 4.42 Å². The Balaban J connectivity index is 1.49. The van der Waals surface area contributed by atoms with Gasteiger partial charge in [-0.3, -0.25) is 9.69 Å². The number of fused-ring (bicyclic) bond motifs is 1. The molecule has 1 aliphatic heterocycles. The predicted octanol–water partition coefficient (Wildman–Crippen LogP) is 2.36. The van der Waals surface area contributed by atoms with Crippen LogP contribution in [0.4, 0.5) is 0 Å². The molecule has 4 rings (SSSR count). The topological polar surface area (TPSA) is 64.2 Å². The standard InChI is InChI=1S/C17H18N4O2S/c1-11-3-4-15(23-11)17-18-13(10-24-17)9-21-6-5-14-12(8-21)7-16(22)20(2)19-14/h3-4,7,10H,5-6,8-9H2,1-2H3. The third kappa shape index (κ3) is 2.92. The lowest BCUT2D eigenvalue weighted by atomic mass is 10.1. The van der Waals surface area contributed by atoms with Crippen LogP contribution >= 0.6 is 11.3 Å². The molecule has 1 aliphatic rings. The highest BCUT2D eigenvalue weighted by atomic mass is 32.1. The fraction of sp³-hybridized carbons (Fsp3) is 0.353. The molecular weight excluding hydrogens is 324 g/mol. The summed E-state index contributed by atoms with van der Waals surface area (Å²) < 4.78 is 7.04. The number of hydrogen-bond donors (Lipinski definition) is 0. The van der Waals surface area contributed by atoms with Crippen molar-refractivity contribution in [3.8, 4) is 10.8 Å². The molecule has 0 saturated heterocycles. The first-order valence-electron chi connectivity index (χ1n) is 7.88. The summed E-state index contributed by atoms with van der Waals surface area (Å²) in [5.74, 6) is 1.71. The van der Waals surface area contributed by atoms with Crippen LogP contribution in [0.1, 0.15) is 22.7 Å². The largest absolute Gasteiger partial charge is 0.459 e. The van der Waals surface area contributed by atoms with Crippen molar-refractivity contribution in [2.24, 2.45) is 7.05 Å². The molecule has 0 unspecified atom stereocenters. The molecule has 4 heterocycles. The highest BCUT2D eigenvalue weighted by molar-refractivity contribution is 7.13.